The molecule has 0 fully saturated rings. The van der Waals surface area contributed by atoms with Gasteiger partial charge in [0.1, 0.15) is 0 Å². The third kappa shape index (κ3) is 2.47. The molecule has 1 N–H and O–H groups in total. The van der Waals surface area contributed by atoms with Crippen molar-refractivity contribution in [3.63, 3.8) is 0 Å². The second-order valence-corrected chi connectivity index (χ2v) is 7.24. The maximum atomic E-state index is 12.2. The van der Waals surface area contributed by atoms with Crippen LogP contribution in [-0.4, -0.2) is 10.7 Å². The zero-order chi connectivity index (χ0) is 13.4. The van der Waals surface area contributed by atoms with Crippen LogP contribution in [0.4, 0.5) is 0 Å². The van der Waals surface area contributed by atoms with E-state index in [4.69, 9.17) is 0 Å². The Bertz CT molecular complexity index is 622. The Morgan fingerprint density at radius 1 is 1.32 bits per heavy atom. The number of fused-ring (bicyclic) bond motifs is 1. The van der Waals surface area contributed by atoms with Gasteiger partial charge in [0, 0.05) is 9.70 Å². The summed E-state index contributed by atoms with van der Waals surface area (Å²) in [6, 6.07) is 12.2. The molecule has 1 heterocycles. The molecule has 2 aromatic rings. The molecule has 4 heteroatoms. The second-order valence-electron chi connectivity index (χ2n) is 4.78. The van der Waals surface area contributed by atoms with Crippen LogP contribution in [0.2, 0.25) is 0 Å². The van der Waals surface area contributed by atoms with Gasteiger partial charge in [-0.05, 0) is 36.6 Å². The van der Waals surface area contributed by atoms with Crippen LogP contribution in [0.1, 0.15) is 31.7 Å². The minimum atomic E-state index is 0.0178. The van der Waals surface area contributed by atoms with Gasteiger partial charge in [-0.15, -0.1) is 11.3 Å². The summed E-state index contributed by atoms with van der Waals surface area (Å²) in [7, 11) is 0. The normalized spacial score (nSPS) is 21.2. The molecule has 0 saturated heterocycles. The van der Waals surface area contributed by atoms with Crippen molar-refractivity contribution in [2.45, 2.75) is 24.2 Å². The van der Waals surface area contributed by atoms with Crippen molar-refractivity contribution in [1.82, 2.24) is 5.32 Å². The Morgan fingerprint density at radius 2 is 2.11 bits per heavy atom. The van der Waals surface area contributed by atoms with Crippen LogP contribution in [0.3, 0.4) is 0 Å². The van der Waals surface area contributed by atoms with E-state index in [1.54, 1.807) is 0 Å². The van der Waals surface area contributed by atoms with Gasteiger partial charge in [0.05, 0.1) is 10.9 Å². The largest absolute Gasteiger partial charge is 0.343 e. The Balaban J connectivity index is 1.82. The summed E-state index contributed by atoms with van der Waals surface area (Å²) in [5, 5.41) is 3.14. The van der Waals surface area contributed by atoms with E-state index in [2.05, 4.69) is 33.4 Å². The average molecular weight is 336 g/mol. The lowest BCUT2D eigenvalue weighted by Gasteiger charge is -2.17. The first kappa shape index (κ1) is 12.9. The van der Waals surface area contributed by atoms with Crippen molar-refractivity contribution in [3.05, 3.63) is 57.3 Å². The lowest BCUT2D eigenvalue weighted by Crippen LogP contribution is -2.31. The molecule has 1 aliphatic carbocycles. The van der Waals surface area contributed by atoms with E-state index in [0.717, 1.165) is 16.2 Å². The topological polar surface area (TPSA) is 29.1 Å². The lowest BCUT2D eigenvalue weighted by atomic mass is 10.1. The van der Waals surface area contributed by atoms with Crippen LogP contribution in [0, 0.1) is 6.92 Å². The first-order valence-electron chi connectivity index (χ1n) is 6.24. The zero-order valence-corrected chi connectivity index (χ0v) is 12.9. The minimum absolute atomic E-state index is 0.0178. The number of amides is 1. The highest BCUT2D eigenvalue weighted by molar-refractivity contribution is 9.09. The van der Waals surface area contributed by atoms with Crippen molar-refractivity contribution >= 4 is 33.2 Å². The van der Waals surface area contributed by atoms with Crippen molar-refractivity contribution in [1.29, 1.82) is 0 Å². The third-order valence-corrected chi connectivity index (χ3v) is 5.27. The fourth-order valence-corrected chi connectivity index (χ4v) is 4.02. The highest BCUT2D eigenvalue weighted by Gasteiger charge is 2.31. The number of nitrogens with one attached hydrogen (secondary N) is 1. The first-order valence-corrected chi connectivity index (χ1v) is 7.97. The van der Waals surface area contributed by atoms with E-state index in [-0.39, 0.29) is 16.8 Å². The number of carbonyl (C=O) groups excluding carboxylic acids is 1. The Hall–Kier alpha value is -1.13. The number of alkyl halides is 1. The molecule has 3 rings (SSSR count). The molecular weight excluding hydrogens is 322 g/mol. The van der Waals surface area contributed by atoms with Crippen LogP contribution < -0.4 is 5.32 Å². The SMILES string of the molecule is Cc1ccc(C(=O)NC2c3ccccc3CC2Br)s1. The van der Waals surface area contributed by atoms with Crippen molar-refractivity contribution in [2.24, 2.45) is 0 Å². The van der Waals surface area contributed by atoms with E-state index in [9.17, 15) is 4.79 Å². The van der Waals surface area contributed by atoms with Gasteiger partial charge in [0.15, 0.2) is 0 Å². The van der Waals surface area contributed by atoms with E-state index in [1.165, 1.54) is 22.5 Å². The first-order chi connectivity index (χ1) is 9.15. The minimum Gasteiger partial charge on any atom is -0.343 e. The summed E-state index contributed by atoms with van der Waals surface area (Å²) in [6.45, 7) is 2.01. The molecule has 0 bridgehead atoms. The summed E-state index contributed by atoms with van der Waals surface area (Å²) in [5.74, 6) is 0.0178. The molecule has 1 aromatic heterocycles. The monoisotopic (exact) mass is 335 g/mol. The van der Waals surface area contributed by atoms with Crippen LogP contribution in [0.15, 0.2) is 36.4 Å². The molecule has 0 radical (unpaired) electrons. The fraction of sp³-hybridized carbons (Fsp3) is 0.267. The molecule has 0 saturated carbocycles. The van der Waals surface area contributed by atoms with E-state index in [1.807, 2.05) is 31.2 Å². The maximum absolute atomic E-state index is 12.2. The van der Waals surface area contributed by atoms with Crippen LogP contribution in [0.25, 0.3) is 0 Å². The number of thiophene rings is 1. The number of halogens is 1. The summed E-state index contributed by atoms with van der Waals surface area (Å²) in [6.07, 6.45) is 0.963. The highest BCUT2D eigenvalue weighted by Crippen LogP contribution is 2.36. The molecule has 2 atom stereocenters. The number of hydrogen-bond donors (Lipinski definition) is 1. The predicted molar refractivity (Wildman–Crippen MR) is 82.1 cm³/mol. The standard InChI is InChI=1S/C15H14BrNOS/c1-9-6-7-13(19-9)15(18)17-14-11-5-3-2-4-10(11)8-12(14)16/h2-7,12,14H,8H2,1H3,(H,17,18). The summed E-state index contributed by atoms with van der Waals surface area (Å²) in [4.78, 5) is 14.5. The third-order valence-electron chi connectivity index (χ3n) is 3.42. The van der Waals surface area contributed by atoms with E-state index < -0.39 is 0 Å². The second kappa shape index (κ2) is 5.10. The molecule has 0 aliphatic heterocycles. The maximum Gasteiger partial charge on any atom is 0.261 e. The number of carbonyl (C=O) groups is 1. The van der Waals surface area contributed by atoms with Crippen molar-refractivity contribution < 1.29 is 4.79 Å². The van der Waals surface area contributed by atoms with Crippen molar-refractivity contribution in [3.8, 4) is 0 Å². The van der Waals surface area contributed by atoms with Crippen LogP contribution in [0.5, 0.6) is 0 Å². The smallest absolute Gasteiger partial charge is 0.261 e. The zero-order valence-electron chi connectivity index (χ0n) is 10.5. The quantitative estimate of drug-likeness (QED) is 0.830. The van der Waals surface area contributed by atoms with Crippen LogP contribution >= 0.6 is 27.3 Å². The number of hydrogen-bond acceptors (Lipinski definition) is 2. The van der Waals surface area contributed by atoms with Gasteiger partial charge in [-0.3, -0.25) is 4.79 Å². The van der Waals surface area contributed by atoms with Gasteiger partial charge in [-0.25, -0.2) is 0 Å². The summed E-state index contributed by atoms with van der Waals surface area (Å²) in [5.41, 5.74) is 2.54. The molecule has 1 aliphatic rings. The molecule has 0 spiro atoms. The lowest BCUT2D eigenvalue weighted by molar-refractivity contribution is 0.0942. The molecule has 1 aromatic carbocycles. The predicted octanol–water partition coefficient (Wildman–Crippen LogP) is 3.85. The van der Waals surface area contributed by atoms with Crippen molar-refractivity contribution in [2.75, 3.05) is 0 Å². The summed E-state index contributed by atoms with van der Waals surface area (Å²) < 4.78 is 0. The van der Waals surface area contributed by atoms with Gasteiger partial charge in [0.2, 0.25) is 0 Å². The molecule has 2 nitrogen and oxygen atoms in total. The molecular formula is C15H14BrNOS. The number of aryl methyl sites for hydroxylation is 1. The average Bonchev–Trinajstić information content (AvgIpc) is 2.95. The number of rotatable bonds is 2. The van der Waals surface area contributed by atoms with Crippen LogP contribution in [-0.2, 0) is 6.42 Å². The van der Waals surface area contributed by atoms with Gasteiger partial charge in [-0.2, -0.15) is 0 Å². The Morgan fingerprint density at radius 3 is 2.84 bits per heavy atom. The summed E-state index contributed by atoms with van der Waals surface area (Å²) >= 11 is 5.21. The Labute approximate surface area is 125 Å². The van der Waals surface area contributed by atoms with Gasteiger partial charge in [-0.1, -0.05) is 40.2 Å². The Kier molecular flexibility index (Phi) is 3.46. The molecule has 2 unspecified atom stereocenters. The van der Waals surface area contributed by atoms with Gasteiger partial charge in [0.25, 0.3) is 5.91 Å². The molecule has 19 heavy (non-hydrogen) atoms. The van der Waals surface area contributed by atoms with E-state index >= 15 is 0 Å². The van der Waals surface area contributed by atoms with E-state index in [0.29, 0.717) is 0 Å². The fourth-order valence-electron chi connectivity index (χ4n) is 2.48. The molecule has 1 amide bonds. The van der Waals surface area contributed by atoms with Gasteiger partial charge >= 0.3 is 0 Å². The molecule has 98 valence electrons. The highest BCUT2D eigenvalue weighted by atomic mass is 79.9. The number of benzene rings is 1. The van der Waals surface area contributed by atoms with Gasteiger partial charge < -0.3 is 5.32 Å².